The Morgan fingerprint density at radius 3 is 2.50 bits per heavy atom. The molecule has 0 saturated carbocycles. The van der Waals surface area contributed by atoms with E-state index in [1.807, 2.05) is 13.8 Å². The van der Waals surface area contributed by atoms with Crippen LogP contribution in [0.4, 0.5) is 19.0 Å². The van der Waals surface area contributed by atoms with Crippen LogP contribution in [0.1, 0.15) is 25.1 Å². The van der Waals surface area contributed by atoms with Crippen LogP contribution in [0, 0.1) is 5.92 Å². The quantitative estimate of drug-likeness (QED) is 0.831. The lowest BCUT2D eigenvalue weighted by Gasteiger charge is -2.14. The molecular formula is C11H14F3N3S. The number of halogens is 3. The van der Waals surface area contributed by atoms with Gasteiger partial charge in [-0.25, -0.2) is 4.98 Å². The second kappa shape index (κ2) is 5.51. The molecule has 0 fully saturated rings. The van der Waals surface area contributed by atoms with E-state index in [9.17, 15) is 13.2 Å². The highest BCUT2D eigenvalue weighted by Crippen LogP contribution is 2.29. The number of nitrogens with zero attached hydrogens (tertiary/aromatic N) is 1. The number of aromatic nitrogens is 1. The molecule has 100 valence electrons. The Labute approximate surface area is 109 Å². The minimum Gasteiger partial charge on any atom is -0.389 e. The van der Waals surface area contributed by atoms with Crippen LogP contribution in [0.3, 0.4) is 0 Å². The van der Waals surface area contributed by atoms with Gasteiger partial charge in [0.15, 0.2) is 0 Å². The lowest BCUT2D eigenvalue weighted by molar-refractivity contribution is -0.141. The normalized spacial score (nSPS) is 11.7. The van der Waals surface area contributed by atoms with Crippen LogP contribution in [-0.2, 0) is 6.18 Å². The van der Waals surface area contributed by atoms with Crippen LogP contribution in [-0.4, -0.2) is 16.5 Å². The van der Waals surface area contributed by atoms with Crippen LogP contribution in [0.15, 0.2) is 12.1 Å². The molecule has 0 radical (unpaired) electrons. The first kappa shape index (κ1) is 14.7. The number of nitrogens with one attached hydrogen (secondary N) is 1. The van der Waals surface area contributed by atoms with Crippen LogP contribution in [0.25, 0.3) is 0 Å². The lowest BCUT2D eigenvalue weighted by Crippen LogP contribution is -2.19. The molecule has 1 aromatic heterocycles. The molecule has 0 atom stereocenters. The van der Waals surface area contributed by atoms with E-state index in [0.29, 0.717) is 12.1 Å². The first-order valence-corrected chi connectivity index (χ1v) is 5.74. The fourth-order valence-electron chi connectivity index (χ4n) is 1.25. The van der Waals surface area contributed by atoms with Gasteiger partial charge < -0.3 is 11.1 Å². The number of nitrogens with two attached hydrogens (primary N) is 1. The molecule has 0 spiro atoms. The Balaban J connectivity index is 3.12. The van der Waals surface area contributed by atoms with Crippen molar-refractivity contribution in [2.24, 2.45) is 11.7 Å². The van der Waals surface area contributed by atoms with E-state index in [-0.39, 0.29) is 16.7 Å². The molecule has 18 heavy (non-hydrogen) atoms. The molecule has 0 aliphatic carbocycles. The maximum Gasteiger partial charge on any atom is 0.433 e. The van der Waals surface area contributed by atoms with Crippen LogP contribution >= 0.6 is 12.2 Å². The first-order valence-electron chi connectivity index (χ1n) is 5.33. The third kappa shape index (κ3) is 3.83. The molecule has 0 amide bonds. The van der Waals surface area contributed by atoms with Crippen molar-refractivity contribution >= 4 is 23.0 Å². The maximum atomic E-state index is 12.5. The molecule has 1 aromatic rings. The summed E-state index contributed by atoms with van der Waals surface area (Å²) >= 11 is 4.78. The van der Waals surface area contributed by atoms with Crippen LogP contribution < -0.4 is 11.1 Å². The molecule has 0 saturated heterocycles. The number of rotatable bonds is 4. The third-order valence-electron chi connectivity index (χ3n) is 2.13. The third-order valence-corrected chi connectivity index (χ3v) is 2.35. The van der Waals surface area contributed by atoms with Gasteiger partial charge in [-0.15, -0.1) is 0 Å². The average molecular weight is 277 g/mol. The summed E-state index contributed by atoms with van der Waals surface area (Å²) < 4.78 is 37.6. The SMILES string of the molecule is CC(C)CNc1nc(C(F)(F)F)ccc1C(N)=S. The van der Waals surface area contributed by atoms with Gasteiger partial charge in [0.05, 0.1) is 5.56 Å². The second-order valence-electron chi connectivity index (χ2n) is 4.23. The van der Waals surface area contributed by atoms with E-state index in [0.717, 1.165) is 6.07 Å². The smallest absolute Gasteiger partial charge is 0.389 e. The van der Waals surface area contributed by atoms with Crippen molar-refractivity contribution in [2.75, 3.05) is 11.9 Å². The van der Waals surface area contributed by atoms with Crippen LogP contribution in [0.5, 0.6) is 0 Å². The highest BCUT2D eigenvalue weighted by atomic mass is 32.1. The average Bonchev–Trinajstić information content (AvgIpc) is 2.24. The van der Waals surface area contributed by atoms with Gasteiger partial charge >= 0.3 is 6.18 Å². The number of anilines is 1. The van der Waals surface area contributed by atoms with Gasteiger partial charge in [0.25, 0.3) is 0 Å². The van der Waals surface area contributed by atoms with Gasteiger partial charge in [0.2, 0.25) is 0 Å². The number of hydrogen-bond acceptors (Lipinski definition) is 3. The summed E-state index contributed by atoms with van der Waals surface area (Å²) in [5.74, 6) is 0.339. The standard InChI is InChI=1S/C11H14F3N3S/c1-6(2)5-16-10-7(9(15)18)3-4-8(17-10)11(12,13)14/h3-4,6H,5H2,1-2H3,(H2,15,18)(H,16,17). The number of hydrogen-bond donors (Lipinski definition) is 2. The zero-order valence-electron chi connectivity index (χ0n) is 10.0. The minimum atomic E-state index is -4.48. The van der Waals surface area contributed by atoms with E-state index in [1.165, 1.54) is 6.07 Å². The molecule has 0 bridgehead atoms. The van der Waals surface area contributed by atoms with E-state index in [2.05, 4.69) is 10.3 Å². The predicted octanol–water partition coefficient (Wildman–Crippen LogP) is 2.80. The maximum absolute atomic E-state index is 12.5. The number of pyridine rings is 1. The van der Waals surface area contributed by atoms with E-state index >= 15 is 0 Å². The molecule has 0 aliphatic heterocycles. The lowest BCUT2D eigenvalue weighted by atomic mass is 10.2. The predicted molar refractivity (Wildman–Crippen MR) is 68.5 cm³/mol. The summed E-state index contributed by atoms with van der Waals surface area (Å²) in [4.78, 5) is 3.55. The molecule has 7 heteroatoms. The molecule has 1 heterocycles. The fourth-order valence-corrected chi connectivity index (χ4v) is 1.42. The van der Waals surface area contributed by atoms with E-state index in [1.54, 1.807) is 0 Å². The zero-order valence-corrected chi connectivity index (χ0v) is 10.8. The molecule has 3 N–H and O–H groups in total. The molecule has 0 aliphatic rings. The topological polar surface area (TPSA) is 50.9 Å². The van der Waals surface area contributed by atoms with Crippen molar-refractivity contribution in [3.05, 3.63) is 23.4 Å². The van der Waals surface area contributed by atoms with Crippen molar-refractivity contribution < 1.29 is 13.2 Å². The number of thiocarbonyl (C=S) groups is 1. The summed E-state index contributed by atoms with van der Waals surface area (Å²) in [5.41, 5.74) is 4.80. The van der Waals surface area contributed by atoms with Gasteiger partial charge in [-0.05, 0) is 18.1 Å². The van der Waals surface area contributed by atoms with Gasteiger partial charge in [0.1, 0.15) is 16.5 Å². The molecule has 0 aromatic carbocycles. The first-order chi connectivity index (χ1) is 8.21. The highest BCUT2D eigenvalue weighted by molar-refractivity contribution is 7.80. The highest BCUT2D eigenvalue weighted by Gasteiger charge is 2.33. The Bertz CT molecular complexity index is 444. The second-order valence-corrected chi connectivity index (χ2v) is 4.67. The van der Waals surface area contributed by atoms with Gasteiger partial charge in [-0.3, -0.25) is 0 Å². The molecule has 1 rings (SSSR count). The Morgan fingerprint density at radius 2 is 2.06 bits per heavy atom. The molecule has 3 nitrogen and oxygen atoms in total. The monoisotopic (exact) mass is 277 g/mol. The summed E-state index contributed by atoms with van der Waals surface area (Å²) in [6, 6.07) is 2.11. The van der Waals surface area contributed by atoms with Gasteiger partial charge in [-0.1, -0.05) is 26.1 Å². The Hall–Kier alpha value is -1.37. The molecule has 0 unspecified atom stereocenters. The summed E-state index contributed by atoms with van der Waals surface area (Å²) in [7, 11) is 0. The van der Waals surface area contributed by atoms with Crippen molar-refractivity contribution in [3.63, 3.8) is 0 Å². The summed E-state index contributed by atoms with van der Waals surface area (Å²) in [5, 5.41) is 2.83. The summed E-state index contributed by atoms with van der Waals surface area (Å²) in [6.07, 6.45) is -4.48. The zero-order chi connectivity index (χ0) is 13.9. The summed E-state index contributed by atoms with van der Waals surface area (Å²) in [6.45, 7) is 4.35. The Kier molecular flexibility index (Phi) is 4.50. The van der Waals surface area contributed by atoms with Crippen LogP contribution in [0.2, 0.25) is 0 Å². The number of alkyl halides is 3. The van der Waals surface area contributed by atoms with Gasteiger partial charge in [0, 0.05) is 6.54 Å². The van der Waals surface area contributed by atoms with Crippen molar-refractivity contribution in [1.82, 2.24) is 4.98 Å². The Morgan fingerprint density at radius 1 is 1.44 bits per heavy atom. The van der Waals surface area contributed by atoms with E-state index in [4.69, 9.17) is 18.0 Å². The largest absolute Gasteiger partial charge is 0.433 e. The molecular weight excluding hydrogens is 263 g/mol. The van der Waals surface area contributed by atoms with Crippen molar-refractivity contribution in [2.45, 2.75) is 20.0 Å². The fraction of sp³-hybridized carbons (Fsp3) is 0.455. The van der Waals surface area contributed by atoms with Crippen molar-refractivity contribution in [1.29, 1.82) is 0 Å². The van der Waals surface area contributed by atoms with Crippen molar-refractivity contribution in [3.8, 4) is 0 Å². The van der Waals surface area contributed by atoms with Gasteiger partial charge in [-0.2, -0.15) is 13.2 Å². The minimum absolute atomic E-state index is 0.0162. The van der Waals surface area contributed by atoms with E-state index < -0.39 is 11.9 Å².